The zero-order chi connectivity index (χ0) is 12.9. The van der Waals surface area contributed by atoms with Gasteiger partial charge in [-0.1, -0.05) is 12.1 Å². The number of carbonyl (C=O) groups excluding carboxylic acids is 1. The zero-order valence-corrected chi connectivity index (χ0v) is 10.1. The molecule has 0 unspecified atom stereocenters. The maximum absolute atomic E-state index is 11.5. The van der Waals surface area contributed by atoms with Crippen LogP contribution in [-0.4, -0.2) is 23.2 Å². The van der Waals surface area contributed by atoms with Crippen molar-refractivity contribution in [3.05, 3.63) is 35.9 Å². The van der Waals surface area contributed by atoms with Crippen LogP contribution in [0.25, 0.3) is 6.08 Å². The first kappa shape index (κ1) is 13.3. The van der Waals surface area contributed by atoms with Crippen molar-refractivity contribution in [3.63, 3.8) is 0 Å². The van der Waals surface area contributed by atoms with E-state index in [4.69, 9.17) is 10.8 Å². The molecule has 92 valence electrons. The topological polar surface area (TPSA) is 75.3 Å². The summed E-state index contributed by atoms with van der Waals surface area (Å²) in [7, 11) is 0. The van der Waals surface area contributed by atoms with Gasteiger partial charge >= 0.3 is 0 Å². The van der Waals surface area contributed by atoms with E-state index in [9.17, 15) is 4.79 Å². The van der Waals surface area contributed by atoms with Crippen LogP contribution in [0.15, 0.2) is 30.3 Å². The highest BCUT2D eigenvalue weighted by Gasteiger charge is 2.17. The van der Waals surface area contributed by atoms with E-state index in [1.165, 1.54) is 6.08 Å². The molecule has 0 aromatic heterocycles. The molecule has 4 nitrogen and oxygen atoms in total. The first-order valence-corrected chi connectivity index (χ1v) is 5.39. The molecule has 0 spiro atoms. The van der Waals surface area contributed by atoms with Gasteiger partial charge in [0.1, 0.15) is 0 Å². The Balaban J connectivity index is 2.63. The Hall–Kier alpha value is -1.81. The van der Waals surface area contributed by atoms with Crippen molar-refractivity contribution in [1.82, 2.24) is 5.32 Å². The Morgan fingerprint density at radius 3 is 2.82 bits per heavy atom. The number of aliphatic hydroxyl groups excluding tert-OH is 1. The fourth-order valence-corrected chi connectivity index (χ4v) is 1.25. The van der Waals surface area contributed by atoms with Crippen molar-refractivity contribution in [2.24, 2.45) is 0 Å². The summed E-state index contributed by atoms with van der Waals surface area (Å²) in [6, 6.07) is 7.25. The Morgan fingerprint density at radius 1 is 1.53 bits per heavy atom. The number of nitrogen functional groups attached to an aromatic ring is 1. The minimum absolute atomic E-state index is 0.106. The van der Waals surface area contributed by atoms with E-state index in [0.717, 1.165) is 5.56 Å². The SMILES string of the molecule is CC(C)(CO)NC(=O)/C=C/c1cccc(N)c1. The molecule has 1 amide bonds. The standard InChI is InChI=1S/C13H18N2O2/c1-13(2,9-16)15-12(17)7-6-10-4-3-5-11(14)8-10/h3-8,16H,9,14H2,1-2H3,(H,15,17)/b7-6+. The predicted octanol–water partition coefficient (Wildman–Crippen LogP) is 1.17. The highest BCUT2D eigenvalue weighted by molar-refractivity contribution is 5.92. The fourth-order valence-electron chi connectivity index (χ4n) is 1.25. The van der Waals surface area contributed by atoms with E-state index in [1.54, 1.807) is 32.1 Å². The van der Waals surface area contributed by atoms with Gasteiger partial charge in [-0.2, -0.15) is 0 Å². The lowest BCUT2D eigenvalue weighted by Crippen LogP contribution is -2.45. The number of aliphatic hydroxyl groups is 1. The molecule has 0 fully saturated rings. The van der Waals surface area contributed by atoms with Gasteiger partial charge in [0.25, 0.3) is 0 Å². The van der Waals surface area contributed by atoms with E-state index >= 15 is 0 Å². The summed E-state index contributed by atoms with van der Waals surface area (Å²) in [6.07, 6.45) is 3.10. The minimum atomic E-state index is -0.614. The molecule has 4 N–H and O–H groups in total. The van der Waals surface area contributed by atoms with E-state index < -0.39 is 5.54 Å². The van der Waals surface area contributed by atoms with Crippen LogP contribution < -0.4 is 11.1 Å². The van der Waals surface area contributed by atoms with Crippen LogP contribution in [0.1, 0.15) is 19.4 Å². The fraction of sp³-hybridized carbons (Fsp3) is 0.308. The van der Waals surface area contributed by atoms with Crippen LogP contribution in [-0.2, 0) is 4.79 Å². The normalized spacial score (nSPS) is 11.7. The summed E-state index contributed by atoms with van der Waals surface area (Å²) >= 11 is 0. The maximum atomic E-state index is 11.5. The third-order valence-electron chi connectivity index (χ3n) is 2.19. The molecule has 0 heterocycles. The number of anilines is 1. The molecule has 0 aliphatic heterocycles. The van der Waals surface area contributed by atoms with Gasteiger partial charge in [-0.05, 0) is 37.6 Å². The smallest absolute Gasteiger partial charge is 0.244 e. The molecule has 0 atom stereocenters. The number of hydrogen-bond acceptors (Lipinski definition) is 3. The van der Waals surface area contributed by atoms with Crippen LogP contribution in [0.3, 0.4) is 0 Å². The molecule has 0 saturated carbocycles. The second-order valence-electron chi connectivity index (χ2n) is 4.53. The van der Waals surface area contributed by atoms with Crippen LogP contribution in [0.4, 0.5) is 5.69 Å². The van der Waals surface area contributed by atoms with Crippen molar-refractivity contribution < 1.29 is 9.90 Å². The lowest BCUT2D eigenvalue weighted by Gasteiger charge is -2.22. The van der Waals surface area contributed by atoms with Crippen molar-refractivity contribution in [2.75, 3.05) is 12.3 Å². The molecule has 1 aromatic carbocycles. The van der Waals surface area contributed by atoms with Gasteiger partial charge in [0, 0.05) is 11.8 Å². The molecule has 0 aliphatic carbocycles. The zero-order valence-electron chi connectivity index (χ0n) is 10.1. The molecule has 4 heteroatoms. The summed E-state index contributed by atoms with van der Waals surface area (Å²) in [4.78, 5) is 11.5. The quantitative estimate of drug-likeness (QED) is 0.540. The number of hydrogen-bond donors (Lipinski definition) is 3. The summed E-state index contributed by atoms with van der Waals surface area (Å²) < 4.78 is 0. The molecule has 17 heavy (non-hydrogen) atoms. The number of benzene rings is 1. The van der Waals surface area contributed by atoms with Gasteiger partial charge in [-0.15, -0.1) is 0 Å². The van der Waals surface area contributed by atoms with Crippen molar-refractivity contribution >= 4 is 17.7 Å². The van der Waals surface area contributed by atoms with Gasteiger partial charge in [-0.3, -0.25) is 4.79 Å². The average Bonchev–Trinajstić information content (AvgIpc) is 2.26. The van der Waals surface area contributed by atoms with Crippen molar-refractivity contribution in [1.29, 1.82) is 0 Å². The summed E-state index contributed by atoms with van der Waals surface area (Å²) in [6.45, 7) is 3.39. The number of nitrogens with two attached hydrogens (primary N) is 1. The van der Waals surface area contributed by atoms with Crippen molar-refractivity contribution in [3.8, 4) is 0 Å². The Bertz CT molecular complexity index is 425. The van der Waals surface area contributed by atoms with Gasteiger partial charge < -0.3 is 16.2 Å². The predicted molar refractivity (Wildman–Crippen MR) is 69.2 cm³/mol. The third kappa shape index (κ3) is 4.70. The number of carbonyl (C=O) groups is 1. The highest BCUT2D eigenvalue weighted by Crippen LogP contribution is 2.08. The third-order valence-corrected chi connectivity index (χ3v) is 2.19. The molecule has 0 bridgehead atoms. The molecule has 0 saturated heterocycles. The average molecular weight is 234 g/mol. The van der Waals surface area contributed by atoms with E-state index in [0.29, 0.717) is 5.69 Å². The molecular formula is C13H18N2O2. The summed E-state index contributed by atoms with van der Waals surface area (Å²) in [5.74, 6) is -0.244. The van der Waals surface area contributed by atoms with Crippen LogP contribution >= 0.6 is 0 Å². The van der Waals surface area contributed by atoms with Crippen LogP contribution in [0.5, 0.6) is 0 Å². The lowest BCUT2D eigenvalue weighted by molar-refractivity contribution is -0.118. The monoisotopic (exact) mass is 234 g/mol. The first-order chi connectivity index (χ1) is 7.93. The second-order valence-corrected chi connectivity index (χ2v) is 4.53. The highest BCUT2D eigenvalue weighted by atomic mass is 16.3. The Labute approximate surface area is 101 Å². The number of nitrogens with one attached hydrogen (secondary N) is 1. The van der Waals surface area contributed by atoms with E-state index in [1.807, 2.05) is 12.1 Å². The van der Waals surface area contributed by atoms with Gasteiger partial charge in [0.15, 0.2) is 0 Å². The Morgan fingerprint density at radius 2 is 2.24 bits per heavy atom. The number of rotatable bonds is 4. The van der Waals surface area contributed by atoms with E-state index in [-0.39, 0.29) is 12.5 Å². The van der Waals surface area contributed by atoms with E-state index in [2.05, 4.69) is 5.32 Å². The van der Waals surface area contributed by atoms with Gasteiger partial charge in [0.2, 0.25) is 5.91 Å². The molecule has 0 radical (unpaired) electrons. The van der Waals surface area contributed by atoms with Gasteiger partial charge in [0.05, 0.1) is 12.1 Å². The van der Waals surface area contributed by atoms with Crippen molar-refractivity contribution in [2.45, 2.75) is 19.4 Å². The summed E-state index contributed by atoms with van der Waals surface area (Å²) in [5, 5.41) is 11.7. The molecule has 0 aliphatic rings. The van der Waals surface area contributed by atoms with Crippen LogP contribution in [0.2, 0.25) is 0 Å². The van der Waals surface area contributed by atoms with Gasteiger partial charge in [-0.25, -0.2) is 0 Å². The summed E-state index contributed by atoms with van der Waals surface area (Å²) in [5.41, 5.74) is 6.53. The first-order valence-electron chi connectivity index (χ1n) is 5.39. The largest absolute Gasteiger partial charge is 0.399 e. The molecular weight excluding hydrogens is 216 g/mol. The van der Waals surface area contributed by atoms with Crippen LogP contribution in [0, 0.1) is 0 Å². The number of amides is 1. The Kier molecular flexibility index (Phi) is 4.29. The molecule has 1 aromatic rings. The maximum Gasteiger partial charge on any atom is 0.244 e. The minimum Gasteiger partial charge on any atom is -0.399 e. The lowest BCUT2D eigenvalue weighted by atomic mass is 10.1. The second kappa shape index (κ2) is 5.50. The molecule has 1 rings (SSSR count).